The first-order valence-corrected chi connectivity index (χ1v) is 10.6. The van der Waals surface area contributed by atoms with E-state index in [4.69, 9.17) is 9.42 Å². The van der Waals surface area contributed by atoms with E-state index in [2.05, 4.69) is 23.1 Å². The summed E-state index contributed by atoms with van der Waals surface area (Å²) in [6.07, 6.45) is 1.76. The lowest BCUT2D eigenvalue weighted by atomic mass is 10.1. The van der Waals surface area contributed by atoms with Crippen molar-refractivity contribution >= 4 is 20.4 Å². The van der Waals surface area contributed by atoms with E-state index < -0.39 is 9.04 Å². The number of para-hydroxylation sites is 2. The lowest BCUT2D eigenvalue weighted by Gasteiger charge is -2.12. The molecule has 0 aliphatic rings. The van der Waals surface area contributed by atoms with Crippen molar-refractivity contribution in [1.82, 2.24) is 9.97 Å². The second-order valence-corrected chi connectivity index (χ2v) is 7.85. The van der Waals surface area contributed by atoms with Crippen LogP contribution in [0.4, 0.5) is 5.69 Å². The highest BCUT2D eigenvalue weighted by Crippen LogP contribution is 2.29. The Morgan fingerprint density at radius 1 is 0.960 bits per heavy atom. The van der Waals surface area contributed by atoms with E-state index >= 15 is 0 Å². The van der Waals surface area contributed by atoms with Gasteiger partial charge in [-0.15, -0.1) is 0 Å². The predicted molar refractivity (Wildman–Crippen MR) is 103 cm³/mol. The lowest BCUT2D eigenvalue weighted by molar-refractivity contribution is 0.582. The zero-order valence-corrected chi connectivity index (χ0v) is 15.6. The molecular formula is C20H20N3OSi. The number of rotatable bonds is 5. The number of aryl methyl sites for hydroxylation is 1. The molecule has 0 aliphatic carbocycles. The Hall–Kier alpha value is -2.79. The van der Waals surface area contributed by atoms with Crippen LogP contribution >= 0.6 is 0 Å². The van der Waals surface area contributed by atoms with Crippen LogP contribution in [0.3, 0.4) is 0 Å². The summed E-state index contributed by atoms with van der Waals surface area (Å²) in [5.41, 5.74) is 3.41. The Bertz CT molecular complexity index is 879. The van der Waals surface area contributed by atoms with Gasteiger partial charge in [-0.05, 0) is 38.2 Å². The molecule has 0 bridgehead atoms. The average molecular weight is 346 g/mol. The maximum Gasteiger partial charge on any atom is 0.274 e. The highest BCUT2D eigenvalue weighted by molar-refractivity contribution is 6.49. The van der Waals surface area contributed by atoms with E-state index in [9.17, 15) is 0 Å². The van der Waals surface area contributed by atoms with E-state index in [0.29, 0.717) is 5.82 Å². The van der Waals surface area contributed by atoms with Crippen LogP contribution in [-0.2, 0) is 0 Å². The summed E-state index contributed by atoms with van der Waals surface area (Å²) in [5, 5.41) is 0. The fourth-order valence-corrected chi connectivity index (χ4v) is 2.99. The maximum atomic E-state index is 6.00. The Kier molecular flexibility index (Phi) is 5.35. The molecular weight excluding hydrogens is 326 g/mol. The largest absolute Gasteiger partial charge is 0.541 e. The molecule has 0 fully saturated rings. The molecule has 0 amide bonds. The van der Waals surface area contributed by atoms with Crippen LogP contribution in [-0.4, -0.2) is 24.7 Å². The molecule has 0 spiro atoms. The molecule has 4 nitrogen and oxygen atoms in total. The molecule has 1 aromatic heterocycles. The van der Waals surface area contributed by atoms with Crippen molar-refractivity contribution < 1.29 is 4.43 Å². The van der Waals surface area contributed by atoms with Crippen molar-refractivity contribution in [2.45, 2.75) is 20.0 Å². The van der Waals surface area contributed by atoms with Gasteiger partial charge in [0, 0.05) is 17.5 Å². The summed E-state index contributed by atoms with van der Waals surface area (Å²) in [4.78, 5) is 13.9. The normalized spacial score (nSPS) is 11.6. The molecule has 0 unspecified atom stereocenters. The van der Waals surface area contributed by atoms with Gasteiger partial charge in [-0.1, -0.05) is 42.5 Å². The standard InChI is InChI=1S/C20H20N3OSi/c1-15-13-14-21-20(22-15)19(16-9-5-4-6-10-16)23-17-11-7-8-12-18(17)24-25(2)3/h4-14H,1-3H3. The molecule has 0 atom stereocenters. The molecule has 5 heteroatoms. The molecule has 3 rings (SSSR count). The number of hydrogen-bond donors (Lipinski definition) is 0. The van der Waals surface area contributed by atoms with Crippen molar-refractivity contribution in [3.8, 4) is 5.75 Å². The average Bonchev–Trinajstić information content (AvgIpc) is 2.61. The van der Waals surface area contributed by atoms with E-state index in [1.807, 2.05) is 67.6 Å². The fourth-order valence-electron chi connectivity index (χ4n) is 2.38. The highest BCUT2D eigenvalue weighted by Gasteiger charge is 2.13. The van der Waals surface area contributed by atoms with Gasteiger partial charge in [-0.25, -0.2) is 15.0 Å². The second kappa shape index (κ2) is 7.85. The minimum Gasteiger partial charge on any atom is -0.541 e. The highest BCUT2D eigenvalue weighted by atomic mass is 28.3. The van der Waals surface area contributed by atoms with Gasteiger partial charge in [-0.2, -0.15) is 0 Å². The maximum absolute atomic E-state index is 6.00. The van der Waals surface area contributed by atoms with Gasteiger partial charge in [0.1, 0.15) is 17.1 Å². The monoisotopic (exact) mass is 346 g/mol. The minimum absolute atomic E-state index is 0.611. The summed E-state index contributed by atoms with van der Waals surface area (Å²) >= 11 is 0. The fraction of sp³-hybridized carbons (Fsp3) is 0.150. The molecule has 3 aromatic rings. The zero-order chi connectivity index (χ0) is 17.6. The van der Waals surface area contributed by atoms with E-state index in [1.54, 1.807) is 6.20 Å². The number of hydrogen-bond acceptors (Lipinski definition) is 4. The van der Waals surface area contributed by atoms with Crippen molar-refractivity contribution in [2.75, 3.05) is 0 Å². The van der Waals surface area contributed by atoms with E-state index in [1.165, 1.54) is 0 Å². The molecule has 1 radical (unpaired) electrons. The molecule has 125 valence electrons. The molecule has 0 N–H and O–H groups in total. The van der Waals surface area contributed by atoms with Crippen LogP contribution in [0, 0.1) is 6.92 Å². The molecule has 2 aromatic carbocycles. The molecule has 0 aliphatic heterocycles. The first-order chi connectivity index (χ1) is 12.1. The van der Waals surface area contributed by atoms with Crippen molar-refractivity contribution in [3.05, 3.63) is 83.9 Å². The van der Waals surface area contributed by atoms with Gasteiger partial charge in [-0.3, -0.25) is 0 Å². The number of aromatic nitrogens is 2. The SMILES string of the molecule is Cc1ccnc(C(=Nc2ccccc2O[Si](C)C)c2ccccc2)n1. The summed E-state index contributed by atoms with van der Waals surface area (Å²) in [7, 11) is -0.879. The third kappa shape index (κ3) is 4.39. The quantitative estimate of drug-likeness (QED) is 0.502. The zero-order valence-electron chi connectivity index (χ0n) is 14.6. The number of benzene rings is 2. The first-order valence-electron chi connectivity index (χ1n) is 8.14. The van der Waals surface area contributed by atoms with Gasteiger partial charge < -0.3 is 4.43 Å². The number of aliphatic imine (C=N–C) groups is 1. The predicted octanol–water partition coefficient (Wildman–Crippen LogP) is 4.58. The van der Waals surface area contributed by atoms with E-state index in [-0.39, 0.29) is 0 Å². The lowest BCUT2D eigenvalue weighted by Crippen LogP contribution is -2.12. The molecule has 25 heavy (non-hydrogen) atoms. The van der Waals surface area contributed by atoms with Crippen LogP contribution in [0.5, 0.6) is 5.75 Å². The summed E-state index contributed by atoms with van der Waals surface area (Å²) in [5.74, 6) is 1.40. The summed E-state index contributed by atoms with van der Waals surface area (Å²) < 4.78 is 6.00. The summed E-state index contributed by atoms with van der Waals surface area (Å²) in [6, 6.07) is 19.7. The molecule has 0 saturated heterocycles. The van der Waals surface area contributed by atoms with Gasteiger partial charge in [0.05, 0.1) is 0 Å². The van der Waals surface area contributed by atoms with Gasteiger partial charge >= 0.3 is 0 Å². The van der Waals surface area contributed by atoms with Crippen LogP contribution in [0.1, 0.15) is 17.1 Å². The van der Waals surface area contributed by atoms with E-state index in [0.717, 1.165) is 28.4 Å². The summed E-state index contributed by atoms with van der Waals surface area (Å²) in [6.45, 7) is 6.16. The van der Waals surface area contributed by atoms with Crippen LogP contribution < -0.4 is 4.43 Å². The van der Waals surface area contributed by atoms with Gasteiger partial charge in [0.2, 0.25) is 0 Å². The van der Waals surface area contributed by atoms with Crippen molar-refractivity contribution in [1.29, 1.82) is 0 Å². The van der Waals surface area contributed by atoms with Crippen LogP contribution in [0.15, 0.2) is 71.9 Å². The van der Waals surface area contributed by atoms with Crippen LogP contribution in [0.2, 0.25) is 13.1 Å². The number of nitrogens with zero attached hydrogens (tertiary/aromatic N) is 3. The minimum atomic E-state index is -0.879. The second-order valence-electron chi connectivity index (χ2n) is 5.83. The Balaban J connectivity index is 2.14. The Morgan fingerprint density at radius 3 is 2.40 bits per heavy atom. The van der Waals surface area contributed by atoms with Gasteiger partial charge in [0.15, 0.2) is 5.82 Å². The Labute approximate surface area is 150 Å². The van der Waals surface area contributed by atoms with Gasteiger partial charge in [0.25, 0.3) is 9.04 Å². The third-order valence-electron chi connectivity index (χ3n) is 3.47. The topological polar surface area (TPSA) is 47.4 Å². The Morgan fingerprint density at radius 2 is 1.68 bits per heavy atom. The molecule has 1 heterocycles. The third-order valence-corrected chi connectivity index (χ3v) is 4.09. The first kappa shape index (κ1) is 17.0. The van der Waals surface area contributed by atoms with Crippen molar-refractivity contribution in [3.63, 3.8) is 0 Å². The van der Waals surface area contributed by atoms with Crippen molar-refractivity contribution in [2.24, 2.45) is 4.99 Å². The smallest absolute Gasteiger partial charge is 0.274 e. The molecule has 0 saturated carbocycles. The van der Waals surface area contributed by atoms with Crippen LogP contribution in [0.25, 0.3) is 0 Å².